The zero-order valence-electron chi connectivity index (χ0n) is 17.3. The van der Waals surface area contributed by atoms with Gasteiger partial charge in [0.25, 0.3) is 0 Å². The second-order valence-corrected chi connectivity index (χ2v) is 9.34. The molecule has 3 rings (SSSR count). The average Bonchev–Trinajstić information content (AvgIpc) is 2.90. The molecular formula is C19H26FN4O6P. The van der Waals surface area contributed by atoms with E-state index in [1.54, 1.807) is 44.2 Å². The molecule has 5 atom stereocenters. The second kappa shape index (κ2) is 9.05. The predicted molar refractivity (Wildman–Crippen MR) is 111 cm³/mol. The molecular weight excluding hydrogens is 430 g/mol. The maximum Gasteiger partial charge on any atom is 0.459 e. The molecule has 2 aromatic rings. The first-order valence-corrected chi connectivity index (χ1v) is 11.2. The lowest BCUT2D eigenvalue weighted by molar-refractivity contribution is -0.0592. The third kappa shape index (κ3) is 5.31. The van der Waals surface area contributed by atoms with Gasteiger partial charge in [-0.25, -0.2) is 18.8 Å². The Kier molecular flexibility index (Phi) is 6.82. The number of alkyl halides is 1. The molecule has 1 aliphatic heterocycles. The number of nitrogen functional groups attached to an aromatic ring is 1. The number of hydrogen-bond acceptors (Lipinski definition) is 8. The van der Waals surface area contributed by atoms with Crippen LogP contribution in [0.25, 0.3) is 0 Å². The van der Waals surface area contributed by atoms with Gasteiger partial charge in [-0.3, -0.25) is 9.09 Å². The highest BCUT2D eigenvalue weighted by Gasteiger charge is 2.55. The summed E-state index contributed by atoms with van der Waals surface area (Å²) in [6.07, 6.45) is -3.16. The molecule has 0 saturated carbocycles. The Balaban J connectivity index is 1.77. The fourth-order valence-corrected chi connectivity index (χ4v) is 4.71. The first-order chi connectivity index (χ1) is 14.5. The van der Waals surface area contributed by atoms with Crippen molar-refractivity contribution < 1.29 is 27.8 Å². The second-order valence-electron chi connectivity index (χ2n) is 7.65. The van der Waals surface area contributed by atoms with Gasteiger partial charge in [-0.2, -0.15) is 4.98 Å². The van der Waals surface area contributed by atoms with E-state index in [0.717, 1.165) is 11.5 Å². The highest BCUT2D eigenvalue weighted by atomic mass is 31.2. The average molecular weight is 456 g/mol. The molecule has 2 unspecified atom stereocenters. The standard InChI is InChI=1S/C19H26FN4O6P/c1-12(2)23-31(27,30-13-7-5-4-6-8-13)28-11-14-16(25)19(3,20)17(29-14)24-10-9-15(21)22-18(24)26/h4-10,12,14,16-17,25H,11H2,1-3H3,(H,23,27)(H2,21,22,26)/t14-,16+,17-,19?,31?/m1/s1. The predicted octanol–water partition coefficient (Wildman–Crippen LogP) is 2.01. The third-order valence-corrected chi connectivity index (χ3v) is 6.39. The topological polar surface area (TPSA) is 138 Å². The Morgan fingerprint density at radius 1 is 1.39 bits per heavy atom. The van der Waals surface area contributed by atoms with Crippen LogP contribution in [0.4, 0.5) is 10.2 Å². The number of rotatable bonds is 8. The molecule has 31 heavy (non-hydrogen) atoms. The zero-order valence-corrected chi connectivity index (χ0v) is 18.2. The molecule has 1 fully saturated rings. The van der Waals surface area contributed by atoms with E-state index in [-0.39, 0.29) is 11.9 Å². The van der Waals surface area contributed by atoms with E-state index in [2.05, 4.69) is 10.1 Å². The van der Waals surface area contributed by atoms with Crippen LogP contribution in [0.1, 0.15) is 27.0 Å². The maximum atomic E-state index is 15.3. The molecule has 0 amide bonds. The van der Waals surface area contributed by atoms with Crippen molar-refractivity contribution in [2.75, 3.05) is 12.3 Å². The number of hydrogen-bond donors (Lipinski definition) is 3. The summed E-state index contributed by atoms with van der Waals surface area (Å²) >= 11 is 0. The molecule has 12 heteroatoms. The van der Waals surface area contributed by atoms with E-state index >= 15 is 4.39 Å². The largest absolute Gasteiger partial charge is 0.459 e. The number of aliphatic hydroxyl groups excluding tert-OH is 1. The Morgan fingerprint density at radius 3 is 2.68 bits per heavy atom. The molecule has 1 saturated heterocycles. The van der Waals surface area contributed by atoms with E-state index in [0.29, 0.717) is 5.75 Å². The number of nitrogens with one attached hydrogen (secondary N) is 1. The molecule has 1 aromatic carbocycles. The van der Waals surface area contributed by atoms with Crippen LogP contribution in [0.2, 0.25) is 0 Å². The summed E-state index contributed by atoms with van der Waals surface area (Å²) in [6, 6.07) is 9.44. The Morgan fingerprint density at radius 2 is 2.06 bits per heavy atom. The molecule has 0 bridgehead atoms. The van der Waals surface area contributed by atoms with Gasteiger partial charge in [-0.1, -0.05) is 18.2 Å². The molecule has 2 heterocycles. The van der Waals surface area contributed by atoms with Crippen LogP contribution >= 0.6 is 7.75 Å². The van der Waals surface area contributed by atoms with Gasteiger partial charge in [-0.15, -0.1) is 0 Å². The van der Waals surface area contributed by atoms with Crippen molar-refractivity contribution in [3.63, 3.8) is 0 Å². The van der Waals surface area contributed by atoms with Crippen LogP contribution < -0.4 is 21.0 Å². The summed E-state index contributed by atoms with van der Waals surface area (Å²) in [5.41, 5.74) is 2.28. The van der Waals surface area contributed by atoms with Crippen LogP contribution in [-0.4, -0.2) is 45.2 Å². The Labute approximate surface area is 178 Å². The highest BCUT2D eigenvalue weighted by molar-refractivity contribution is 7.52. The van der Waals surface area contributed by atoms with Gasteiger partial charge in [0.15, 0.2) is 11.9 Å². The lowest BCUT2D eigenvalue weighted by atomic mass is 9.98. The summed E-state index contributed by atoms with van der Waals surface area (Å²) in [5, 5.41) is 13.2. The summed E-state index contributed by atoms with van der Waals surface area (Å²) < 4.78 is 46.0. The number of benzene rings is 1. The van der Waals surface area contributed by atoms with Crippen LogP contribution in [0.15, 0.2) is 47.4 Å². The van der Waals surface area contributed by atoms with Crippen molar-refractivity contribution in [2.24, 2.45) is 0 Å². The molecule has 170 valence electrons. The first kappa shape index (κ1) is 23.4. The minimum atomic E-state index is -3.89. The van der Waals surface area contributed by atoms with Crippen LogP contribution in [-0.2, 0) is 13.8 Å². The summed E-state index contributed by atoms with van der Waals surface area (Å²) in [4.78, 5) is 15.7. The smallest absolute Gasteiger partial charge is 0.413 e. The van der Waals surface area contributed by atoms with Crippen LogP contribution in [0, 0.1) is 0 Å². The van der Waals surface area contributed by atoms with Gasteiger partial charge in [0.2, 0.25) is 0 Å². The lowest BCUT2D eigenvalue weighted by Gasteiger charge is -2.25. The van der Waals surface area contributed by atoms with Crippen molar-refractivity contribution in [1.29, 1.82) is 0 Å². The minimum absolute atomic E-state index is 0.0287. The molecule has 0 spiro atoms. The molecule has 0 aliphatic carbocycles. The summed E-state index contributed by atoms with van der Waals surface area (Å²) in [5.74, 6) is 0.276. The van der Waals surface area contributed by atoms with Crippen molar-refractivity contribution >= 4 is 13.6 Å². The van der Waals surface area contributed by atoms with Crippen molar-refractivity contribution in [3.05, 3.63) is 53.1 Å². The fraction of sp³-hybridized carbons (Fsp3) is 0.474. The fourth-order valence-electron chi connectivity index (χ4n) is 3.15. The van der Waals surface area contributed by atoms with Crippen LogP contribution in [0.3, 0.4) is 0 Å². The van der Waals surface area contributed by atoms with Crippen LogP contribution in [0.5, 0.6) is 5.75 Å². The summed E-state index contributed by atoms with van der Waals surface area (Å²) in [7, 11) is -3.89. The van der Waals surface area contributed by atoms with Crippen molar-refractivity contribution in [2.45, 2.75) is 50.9 Å². The number of aromatic nitrogens is 2. The molecule has 1 aliphatic rings. The highest BCUT2D eigenvalue weighted by Crippen LogP contribution is 2.47. The zero-order chi connectivity index (χ0) is 22.8. The lowest BCUT2D eigenvalue weighted by Crippen LogP contribution is -2.43. The number of nitrogens with two attached hydrogens (primary N) is 1. The van der Waals surface area contributed by atoms with E-state index in [1.807, 2.05) is 0 Å². The van der Waals surface area contributed by atoms with Gasteiger partial charge in [0, 0.05) is 12.2 Å². The Hall–Kier alpha value is -2.30. The van der Waals surface area contributed by atoms with Gasteiger partial charge >= 0.3 is 13.4 Å². The van der Waals surface area contributed by atoms with E-state index in [1.165, 1.54) is 12.3 Å². The number of ether oxygens (including phenoxy) is 1. The molecule has 4 N–H and O–H groups in total. The van der Waals surface area contributed by atoms with Gasteiger partial charge in [0.1, 0.15) is 23.8 Å². The molecule has 0 radical (unpaired) electrons. The quantitative estimate of drug-likeness (QED) is 0.509. The van der Waals surface area contributed by atoms with Gasteiger partial charge in [0.05, 0.1) is 6.61 Å². The van der Waals surface area contributed by atoms with E-state index < -0.39 is 44.1 Å². The van der Waals surface area contributed by atoms with Gasteiger partial charge < -0.3 is 20.1 Å². The number of nitrogens with zero attached hydrogens (tertiary/aromatic N) is 2. The maximum absolute atomic E-state index is 15.3. The number of para-hydroxylation sites is 1. The third-order valence-electron chi connectivity index (χ3n) is 4.62. The Bertz CT molecular complexity index is 1000. The SMILES string of the molecule is CC(C)NP(=O)(OC[C@H]1O[C@@H](n2ccc(N)nc2=O)C(C)(F)[C@H]1O)Oc1ccccc1. The normalized spacial score (nSPS) is 27.9. The van der Waals surface area contributed by atoms with Crippen molar-refractivity contribution in [1.82, 2.24) is 14.6 Å². The summed E-state index contributed by atoms with van der Waals surface area (Å²) in [6.45, 7) is 4.14. The number of anilines is 1. The number of aliphatic hydroxyl groups is 1. The minimum Gasteiger partial charge on any atom is -0.413 e. The first-order valence-electron chi connectivity index (χ1n) is 9.66. The van der Waals surface area contributed by atoms with E-state index in [9.17, 15) is 14.5 Å². The molecule has 10 nitrogen and oxygen atoms in total. The number of halogens is 1. The van der Waals surface area contributed by atoms with Crippen molar-refractivity contribution in [3.8, 4) is 5.75 Å². The molecule has 1 aromatic heterocycles. The van der Waals surface area contributed by atoms with Gasteiger partial charge in [-0.05, 0) is 39.0 Å². The van der Waals surface area contributed by atoms with E-state index in [4.69, 9.17) is 19.5 Å². The monoisotopic (exact) mass is 456 g/mol.